The van der Waals surface area contributed by atoms with Gasteiger partial charge in [-0.1, -0.05) is 6.92 Å². The van der Waals surface area contributed by atoms with Crippen molar-refractivity contribution in [3.05, 3.63) is 17.7 Å². The fraction of sp³-hybridized carbons (Fsp3) is 0.571. The molecule has 0 aliphatic heterocycles. The third kappa shape index (κ3) is 4.61. The van der Waals surface area contributed by atoms with Crippen LogP contribution < -0.4 is 19.5 Å². The van der Waals surface area contributed by atoms with Gasteiger partial charge in [0.05, 0.1) is 20.8 Å². The lowest BCUT2D eigenvalue weighted by Gasteiger charge is -2.16. The van der Waals surface area contributed by atoms with Crippen molar-refractivity contribution in [2.45, 2.75) is 13.5 Å². The average molecular weight is 269 g/mol. The summed E-state index contributed by atoms with van der Waals surface area (Å²) in [6.45, 7) is 4.72. The zero-order chi connectivity index (χ0) is 14.1. The van der Waals surface area contributed by atoms with Crippen LogP contribution >= 0.6 is 0 Å². The zero-order valence-corrected chi connectivity index (χ0v) is 12.1. The maximum absolute atomic E-state index is 5.65. The number of methoxy groups -OCH3 is 3. The molecule has 0 unspecified atom stereocenters. The fourth-order valence-corrected chi connectivity index (χ4v) is 1.67. The van der Waals surface area contributed by atoms with Crippen LogP contribution in [0.15, 0.2) is 12.1 Å². The summed E-state index contributed by atoms with van der Waals surface area (Å²) in [5, 5.41) is 3.27. The van der Waals surface area contributed by atoms with E-state index in [0.717, 1.165) is 18.7 Å². The van der Waals surface area contributed by atoms with Gasteiger partial charge in [-0.25, -0.2) is 0 Å². The maximum Gasteiger partial charge on any atom is 0.203 e. The van der Waals surface area contributed by atoms with Crippen LogP contribution in [0.1, 0.15) is 12.5 Å². The van der Waals surface area contributed by atoms with Gasteiger partial charge in [-0.3, -0.25) is 0 Å². The van der Waals surface area contributed by atoms with Crippen molar-refractivity contribution in [3.63, 3.8) is 0 Å². The Balaban J connectivity index is 2.93. The number of hydrogen-bond acceptors (Lipinski definition) is 5. The summed E-state index contributed by atoms with van der Waals surface area (Å²) in [4.78, 5) is 0. The summed E-state index contributed by atoms with van der Waals surface area (Å²) < 4.78 is 21.4. The number of nitrogens with one attached hydrogen (secondary N) is 1. The van der Waals surface area contributed by atoms with Crippen molar-refractivity contribution < 1.29 is 18.9 Å². The monoisotopic (exact) mass is 269 g/mol. The van der Waals surface area contributed by atoms with Gasteiger partial charge in [0, 0.05) is 13.7 Å². The molecular formula is C14H23NO4. The lowest BCUT2D eigenvalue weighted by atomic mass is 10.1. The zero-order valence-electron chi connectivity index (χ0n) is 12.1. The second-order valence-electron chi connectivity index (χ2n) is 3.95. The number of ether oxygens (including phenoxy) is 4. The van der Waals surface area contributed by atoms with Crippen molar-refractivity contribution in [2.24, 2.45) is 0 Å². The molecule has 1 rings (SSSR count). The maximum atomic E-state index is 5.65. The van der Waals surface area contributed by atoms with Gasteiger partial charge in [0.25, 0.3) is 0 Å². The van der Waals surface area contributed by atoms with Crippen LogP contribution in [0.4, 0.5) is 0 Å². The molecule has 5 heteroatoms. The van der Waals surface area contributed by atoms with Crippen molar-refractivity contribution in [1.82, 2.24) is 5.32 Å². The van der Waals surface area contributed by atoms with Crippen LogP contribution in [0.3, 0.4) is 0 Å². The van der Waals surface area contributed by atoms with Crippen LogP contribution in [0, 0.1) is 0 Å². The highest BCUT2D eigenvalue weighted by atomic mass is 16.6. The summed E-state index contributed by atoms with van der Waals surface area (Å²) in [5.41, 5.74) is 1.09. The Morgan fingerprint density at radius 2 is 1.63 bits per heavy atom. The molecule has 0 atom stereocenters. The molecule has 0 amide bonds. The highest BCUT2D eigenvalue weighted by Crippen LogP contribution is 2.38. The van der Waals surface area contributed by atoms with Gasteiger partial charge in [-0.15, -0.1) is 0 Å². The Bertz CT molecular complexity index is 357. The van der Waals surface area contributed by atoms with Crippen LogP contribution in [-0.2, 0) is 11.3 Å². The minimum absolute atomic E-state index is 0.454. The van der Waals surface area contributed by atoms with E-state index < -0.39 is 0 Å². The van der Waals surface area contributed by atoms with E-state index >= 15 is 0 Å². The van der Waals surface area contributed by atoms with Crippen molar-refractivity contribution in [3.8, 4) is 17.2 Å². The molecule has 0 fully saturated rings. The Morgan fingerprint density at radius 3 is 2.11 bits per heavy atom. The minimum Gasteiger partial charge on any atom is -0.493 e. The summed E-state index contributed by atoms with van der Waals surface area (Å²) in [6, 6.07) is 3.90. The van der Waals surface area contributed by atoms with E-state index in [1.54, 1.807) is 21.3 Å². The van der Waals surface area contributed by atoms with Gasteiger partial charge in [-0.05, 0) is 24.2 Å². The molecule has 0 heterocycles. The van der Waals surface area contributed by atoms with E-state index in [2.05, 4.69) is 12.2 Å². The SMILES string of the molecule is CCNCc1cc(OC)c(OCCOC)c(OC)c1. The van der Waals surface area contributed by atoms with Crippen molar-refractivity contribution in [1.29, 1.82) is 0 Å². The third-order valence-corrected chi connectivity index (χ3v) is 2.63. The van der Waals surface area contributed by atoms with E-state index in [4.69, 9.17) is 18.9 Å². The first kappa shape index (κ1) is 15.6. The van der Waals surface area contributed by atoms with E-state index in [9.17, 15) is 0 Å². The van der Waals surface area contributed by atoms with E-state index in [1.165, 1.54) is 0 Å². The largest absolute Gasteiger partial charge is 0.493 e. The molecule has 0 aliphatic carbocycles. The number of hydrogen-bond donors (Lipinski definition) is 1. The Hall–Kier alpha value is -1.46. The summed E-state index contributed by atoms with van der Waals surface area (Å²) >= 11 is 0. The first-order chi connectivity index (χ1) is 9.26. The smallest absolute Gasteiger partial charge is 0.203 e. The first-order valence-electron chi connectivity index (χ1n) is 6.34. The first-order valence-corrected chi connectivity index (χ1v) is 6.34. The Morgan fingerprint density at radius 1 is 1.00 bits per heavy atom. The molecule has 0 bridgehead atoms. The molecule has 0 saturated heterocycles. The molecule has 0 aromatic heterocycles. The Kier molecular flexibility index (Phi) is 7.07. The lowest BCUT2D eigenvalue weighted by Crippen LogP contribution is -2.12. The van der Waals surface area contributed by atoms with Gasteiger partial charge in [0.1, 0.15) is 6.61 Å². The predicted molar refractivity (Wildman–Crippen MR) is 74.3 cm³/mol. The van der Waals surface area contributed by atoms with Gasteiger partial charge in [-0.2, -0.15) is 0 Å². The quantitative estimate of drug-likeness (QED) is 0.693. The van der Waals surface area contributed by atoms with E-state index in [-0.39, 0.29) is 0 Å². The van der Waals surface area contributed by atoms with E-state index in [1.807, 2.05) is 12.1 Å². The van der Waals surface area contributed by atoms with Crippen LogP contribution in [-0.4, -0.2) is 41.1 Å². The number of benzene rings is 1. The van der Waals surface area contributed by atoms with Gasteiger partial charge in [0.15, 0.2) is 11.5 Å². The Labute approximate surface area is 114 Å². The lowest BCUT2D eigenvalue weighted by molar-refractivity contribution is 0.142. The van der Waals surface area contributed by atoms with Crippen molar-refractivity contribution in [2.75, 3.05) is 41.1 Å². The second-order valence-corrected chi connectivity index (χ2v) is 3.95. The minimum atomic E-state index is 0.454. The van der Waals surface area contributed by atoms with Gasteiger partial charge < -0.3 is 24.3 Å². The summed E-state index contributed by atoms with van der Waals surface area (Å²) in [6.07, 6.45) is 0. The third-order valence-electron chi connectivity index (χ3n) is 2.63. The molecule has 1 aromatic carbocycles. The van der Waals surface area contributed by atoms with Crippen LogP contribution in [0.2, 0.25) is 0 Å². The average Bonchev–Trinajstić information content (AvgIpc) is 2.45. The standard InChI is InChI=1S/C14H23NO4/c1-5-15-10-11-8-12(17-3)14(13(9-11)18-4)19-7-6-16-2/h8-9,15H,5-7,10H2,1-4H3. The highest BCUT2D eigenvalue weighted by Gasteiger charge is 2.14. The van der Waals surface area contributed by atoms with Gasteiger partial charge >= 0.3 is 0 Å². The molecule has 19 heavy (non-hydrogen) atoms. The molecule has 0 radical (unpaired) electrons. The summed E-state index contributed by atoms with van der Waals surface area (Å²) in [5.74, 6) is 1.95. The van der Waals surface area contributed by atoms with Crippen LogP contribution in [0.5, 0.6) is 17.2 Å². The van der Waals surface area contributed by atoms with Crippen molar-refractivity contribution >= 4 is 0 Å². The van der Waals surface area contributed by atoms with Crippen LogP contribution in [0.25, 0.3) is 0 Å². The molecule has 1 aromatic rings. The summed E-state index contributed by atoms with van der Waals surface area (Å²) in [7, 11) is 4.88. The highest BCUT2D eigenvalue weighted by molar-refractivity contribution is 5.53. The molecule has 0 spiro atoms. The van der Waals surface area contributed by atoms with E-state index in [0.29, 0.717) is 30.5 Å². The molecule has 5 nitrogen and oxygen atoms in total. The van der Waals surface area contributed by atoms with Gasteiger partial charge in [0.2, 0.25) is 5.75 Å². The topological polar surface area (TPSA) is 49.0 Å². The number of rotatable bonds is 9. The normalized spacial score (nSPS) is 10.3. The fourth-order valence-electron chi connectivity index (χ4n) is 1.67. The molecule has 0 aliphatic rings. The predicted octanol–water partition coefficient (Wildman–Crippen LogP) is 1.84. The second kappa shape index (κ2) is 8.61. The molecule has 1 N–H and O–H groups in total. The molecule has 0 saturated carbocycles. The molecular weight excluding hydrogens is 246 g/mol. The molecule has 108 valence electrons.